The van der Waals surface area contributed by atoms with E-state index in [0.29, 0.717) is 5.65 Å². The summed E-state index contributed by atoms with van der Waals surface area (Å²) in [6.07, 6.45) is 3.26. The number of imidazole rings is 1. The van der Waals surface area contributed by atoms with Crippen LogP contribution in [0.25, 0.3) is 5.65 Å². The van der Waals surface area contributed by atoms with Gasteiger partial charge in [0.25, 0.3) is 0 Å². The lowest BCUT2D eigenvalue weighted by molar-refractivity contribution is 0.626. The molecule has 0 radical (unpaired) electrons. The van der Waals surface area contributed by atoms with Crippen LogP contribution < -0.4 is 0 Å². The second-order valence-corrected chi connectivity index (χ2v) is 2.97. The fourth-order valence-electron chi connectivity index (χ4n) is 0.925. The molecule has 0 saturated carbocycles. The zero-order valence-corrected chi connectivity index (χ0v) is 7.05. The van der Waals surface area contributed by atoms with Crippen LogP contribution in [-0.2, 0) is 0 Å². The third-order valence-corrected chi connectivity index (χ3v) is 2.02. The van der Waals surface area contributed by atoms with E-state index in [1.165, 1.54) is 12.1 Å². The highest BCUT2D eigenvalue weighted by molar-refractivity contribution is 9.10. The van der Waals surface area contributed by atoms with Crippen molar-refractivity contribution in [2.45, 2.75) is 0 Å². The van der Waals surface area contributed by atoms with E-state index in [4.69, 9.17) is 0 Å². The van der Waals surface area contributed by atoms with E-state index in [1.54, 1.807) is 16.8 Å². The number of nitrogens with zero attached hydrogens (tertiary/aromatic N) is 2. The maximum absolute atomic E-state index is 12.6. The van der Waals surface area contributed by atoms with Gasteiger partial charge in [0.15, 0.2) is 0 Å². The molecule has 0 N–H and O–H groups in total. The van der Waals surface area contributed by atoms with Crippen LogP contribution in [0.5, 0.6) is 0 Å². The van der Waals surface area contributed by atoms with E-state index in [0.717, 1.165) is 4.60 Å². The van der Waals surface area contributed by atoms with Crippen LogP contribution in [0.4, 0.5) is 4.39 Å². The molecule has 0 amide bonds. The third-order valence-electron chi connectivity index (χ3n) is 1.43. The molecule has 0 aliphatic rings. The van der Waals surface area contributed by atoms with Gasteiger partial charge < -0.3 is 0 Å². The first kappa shape index (κ1) is 6.79. The Morgan fingerprint density at radius 2 is 2.36 bits per heavy atom. The molecule has 2 aromatic heterocycles. The normalized spacial score (nSPS) is 10.7. The SMILES string of the molecule is Fc1ccn2c(Br)cnc2c1. The fraction of sp³-hybridized carbons (Fsp3) is 0. The molecule has 4 heteroatoms. The van der Waals surface area contributed by atoms with E-state index < -0.39 is 0 Å². The van der Waals surface area contributed by atoms with Gasteiger partial charge in [0.2, 0.25) is 0 Å². The van der Waals surface area contributed by atoms with Crippen molar-refractivity contribution in [1.82, 2.24) is 9.38 Å². The lowest BCUT2D eigenvalue weighted by Crippen LogP contribution is -1.84. The van der Waals surface area contributed by atoms with Crippen LogP contribution in [-0.4, -0.2) is 9.38 Å². The summed E-state index contributed by atoms with van der Waals surface area (Å²) in [5.41, 5.74) is 0.608. The van der Waals surface area contributed by atoms with Crippen LogP contribution in [0.3, 0.4) is 0 Å². The van der Waals surface area contributed by atoms with E-state index in [1.807, 2.05) is 0 Å². The van der Waals surface area contributed by atoms with Gasteiger partial charge in [0.05, 0.1) is 6.20 Å². The monoisotopic (exact) mass is 214 g/mol. The van der Waals surface area contributed by atoms with E-state index in [9.17, 15) is 4.39 Å². The molecule has 0 aliphatic carbocycles. The molecular formula is C7H4BrFN2. The van der Waals surface area contributed by atoms with Gasteiger partial charge in [-0.15, -0.1) is 0 Å². The average Bonchev–Trinajstić information content (AvgIpc) is 2.32. The van der Waals surface area contributed by atoms with Crippen LogP contribution in [0, 0.1) is 5.82 Å². The number of rotatable bonds is 0. The Morgan fingerprint density at radius 1 is 1.55 bits per heavy atom. The van der Waals surface area contributed by atoms with Crippen LogP contribution >= 0.6 is 15.9 Å². The molecule has 0 fully saturated rings. The van der Waals surface area contributed by atoms with Crippen molar-refractivity contribution in [3.63, 3.8) is 0 Å². The minimum Gasteiger partial charge on any atom is -0.294 e. The predicted molar refractivity (Wildman–Crippen MR) is 42.9 cm³/mol. The molecule has 0 atom stereocenters. The Balaban J connectivity index is 2.86. The van der Waals surface area contributed by atoms with Gasteiger partial charge in [-0.1, -0.05) is 0 Å². The first-order valence-electron chi connectivity index (χ1n) is 3.05. The molecule has 0 unspecified atom stereocenters. The fourth-order valence-corrected chi connectivity index (χ4v) is 1.33. The van der Waals surface area contributed by atoms with Gasteiger partial charge in [0, 0.05) is 12.3 Å². The van der Waals surface area contributed by atoms with Crippen molar-refractivity contribution in [3.05, 3.63) is 34.9 Å². The molecular weight excluding hydrogens is 211 g/mol. The maximum atomic E-state index is 12.6. The minimum absolute atomic E-state index is 0.268. The number of pyridine rings is 1. The lowest BCUT2D eigenvalue weighted by atomic mass is 10.4. The standard InChI is InChI=1S/C7H4BrFN2/c8-6-4-10-7-3-5(9)1-2-11(6)7/h1-4H. The highest BCUT2D eigenvalue weighted by Gasteiger charge is 1.99. The summed E-state index contributed by atoms with van der Waals surface area (Å²) in [5.74, 6) is -0.268. The molecule has 2 heterocycles. The Morgan fingerprint density at radius 3 is 3.18 bits per heavy atom. The van der Waals surface area contributed by atoms with Crippen molar-refractivity contribution >= 4 is 21.6 Å². The number of hydrogen-bond donors (Lipinski definition) is 0. The second-order valence-electron chi connectivity index (χ2n) is 2.15. The van der Waals surface area contributed by atoms with E-state index >= 15 is 0 Å². The Labute approximate surface area is 70.8 Å². The molecule has 0 spiro atoms. The van der Waals surface area contributed by atoms with Crippen molar-refractivity contribution in [2.24, 2.45) is 0 Å². The summed E-state index contributed by atoms with van der Waals surface area (Å²) in [4.78, 5) is 3.96. The summed E-state index contributed by atoms with van der Waals surface area (Å²) in [5, 5.41) is 0. The molecule has 0 aliphatic heterocycles. The van der Waals surface area contributed by atoms with E-state index in [-0.39, 0.29) is 5.82 Å². The predicted octanol–water partition coefficient (Wildman–Crippen LogP) is 2.24. The molecule has 0 aromatic carbocycles. The van der Waals surface area contributed by atoms with Gasteiger partial charge in [-0.2, -0.15) is 0 Å². The highest BCUT2D eigenvalue weighted by atomic mass is 79.9. The molecule has 2 rings (SSSR count). The van der Waals surface area contributed by atoms with Gasteiger partial charge in [-0.3, -0.25) is 4.40 Å². The summed E-state index contributed by atoms with van der Waals surface area (Å²) in [7, 11) is 0. The number of halogens is 2. The molecule has 0 bridgehead atoms. The number of hydrogen-bond acceptors (Lipinski definition) is 1. The van der Waals surface area contributed by atoms with Crippen molar-refractivity contribution < 1.29 is 4.39 Å². The van der Waals surface area contributed by atoms with Crippen molar-refractivity contribution in [1.29, 1.82) is 0 Å². The van der Waals surface area contributed by atoms with Crippen molar-refractivity contribution in [2.75, 3.05) is 0 Å². The molecule has 2 nitrogen and oxygen atoms in total. The van der Waals surface area contributed by atoms with Gasteiger partial charge in [-0.05, 0) is 22.0 Å². The van der Waals surface area contributed by atoms with Gasteiger partial charge in [-0.25, -0.2) is 9.37 Å². The zero-order valence-electron chi connectivity index (χ0n) is 5.46. The number of fused-ring (bicyclic) bond motifs is 1. The Bertz CT molecular complexity index is 396. The minimum atomic E-state index is -0.268. The van der Waals surface area contributed by atoms with Gasteiger partial charge in [0.1, 0.15) is 16.1 Å². The largest absolute Gasteiger partial charge is 0.294 e. The second kappa shape index (κ2) is 2.30. The third kappa shape index (κ3) is 1.03. The molecule has 56 valence electrons. The average molecular weight is 215 g/mol. The van der Waals surface area contributed by atoms with Crippen LogP contribution in [0.15, 0.2) is 29.1 Å². The first-order chi connectivity index (χ1) is 5.27. The summed E-state index contributed by atoms with van der Waals surface area (Å²) in [6, 6.07) is 2.77. The van der Waals surface area contributed by atoms with E-state index in [2.05, 4.69) is 20.9 Å². The van der Waals surface area contributed by atoms with Crippen molar-refractivity contribution in [3.8, 4) is 0 Å². The molecule has 2 aromatic rings. The smallest absolute Gasteiger partial charge is 0.140 e. The summed E-state index contributed by atoms with van der Waals surface area (Å²) >= 11 is 3.27. The Hall–Kier alpha value is -0.900. The molecule has 0 saturated heterocycles. The lowest BCUT2D eigenvalue weighted by Gasteiger charge is -1.92. The topological polar surface area (TPSA) is 17.3 Å². The maximum Gasteiger partial charge on any atom is 0.140 e. The summed E-state index contributed by atoms with van der Waals surface area (Å²) < 4.78 is 15.2. The summed E-state index contributed by atoms with van der Waals surface area (Å²) in [6.45, 7) is 0. The zero-order chi connectivity index (χ0) is 7.84. The van der Waals surface area contributed by atoms with Crippen LogP contribution in [0.1, 0.15) is 0 Å². The Kier molecular flexibility index (Phi) is 1.42. The molecule has 11 heavy (non-hydrogen) atoms. The first-order valence-corrected chi connectivity index (χ1v) is 3.85. The number of aromatic nitrogens is 2. The van der Waals surface area contributed by atoms with Crippen LogP contribution in [0.2, 0.25) is 0 Å². The quantitative estimate of drug-likeness (QED) is 0.658. The highest BCUT2D eigenvalue weighted by Crippen LogP contribution is 2.12. The van der Waals surface area contributed by atoms with Gasteiger partial charge >= 0.3 is 0 Å².